The fourth-order valence-electron chi connectivity index (χ4n) is 1.56. The molecule has 1 N–H and O–H groups in total. The van der Waals surface area contributed by atoms with Crippen LogP contribution in [0.2, 0.25) is 5.02 Å². The van der Waals surface area contributed by atoms with Crippen molar-refractivity contribution in [2.75, 3.05) is 0 Å². The van der Waals surface area contributed by atoms with Crippen LogP contribution in [0.5, 0.6) is 11.5 Å². The number of carboxylic acids is 1. The van der Waals surface area contributed by atoms with Crippen LogP contribution in [0.1, 0.15) is 15.9 Å². The number of halogens is 2. The minimum absolute atomic E-state index is 0.0577. The highest BCUT2D eigenvalue weighted by molar-refractivity contribution is 9.10. The molecular weight excluding hydrogens is 346 g/mol. The lowest BCUT2D eigenvalue weighted by molar-refractivity contribution is 0.0696. The molecule has 100 valence electrons. The van der Waals surface area contributed by atoms with Gasteiger partial charge in [-0.05, 0) is 46.3 Å². The maximum absolute atomic E-state index is 11.0. The van der Waals surface area contributed by atoms with Gasteiger partial charge in [-0.1, -0.05) is 17.7 Å². The quantitative estimate of drug-likeness (QED) is 0.885. The van der Waals surface area contributed by atoms with E-state index in [1.807, 2.05) is 6.07 Å². The second-order valence-electron chi connectivity index (χ2n) is 3.77. The Hall–Kier alpha value is -2.03. The smallest absolute Gasteiger partial charge is 0.337 e. The van der Waals surface area contributed by atoms with Gasteiger partial charge >= 0.3 is 5.97 Å². The fraction of sp³-hybridized carbons (Fsp3) is 0. The number of carboxylic acid groups (broad SMARTS) is 1. The van der Waals surface area contributed by atoms with Crippen LogP contribution in [0.3, 0.4) is 0 Å². The lowest BCUT2D eigenvalue weighted by Gasteiger charge is -2.09. The van der Waals surface area contributed by atoms with Gasteiger partial charge < -0.3 is 9.84 Å². The first-order valence-corrected chi connectivity index (χ1v) is 6.59. The summed E-state index contributed by atoms with van der Waals surface area (Å²) < 4.78 is 6.15. The molecule has 20 heavy (non-hydrogen) atoms. The van der Waals surface area contributed by atoms with Crippen molar-refractivity contribution in [3.05, 3.63) is 57.0 Å². The number of ether oxygens (including phenoxy) is 1. The standard InChI is InChI=1S/C14H7BrClNO3/c15-11-2-1-3-13(10(11)7-17)20-8-4-5-12(16)9(6-8)14(18)19/h1-6H,(H,18,19). The van der Waals surface area contributed by atoms with Crippen LogP contribution in [0.25, 0.3) is 0 Å². The predicted octanol–water partition coefficient (Wildman–Crippen LogP) is 4.46. The van der Waals surface area contributed by atoms with Crippen LogP contribution in [-0.4, -0.2) is 11.1 Å². The van der Waals surface area contributed by atoms with Gasteiger partial charge in [0.15, 0.2) is 0 Å². The highest BCUT2D eigenvalue weighted by Crippen LogP contribution is 2.31. The first-order valence-electron chi connectivity index (χ1n) is 5.42. The van der Waals surface area contributed by atoms with Gasteiger partial charge in [0.1, 0.15) is 23.1 Å². The number of nitriles is 1. The molecular formula is C14H7BrClNO3. The summed E-state index contributed by atoms with van der Waals surface area (Å²) in [6.07, 6.45) is 0. The molecule has 4 nitrogen and oxygen atoms in total. The largest absolute Gasteiger partial charge is 0.478 e. The van der Waals surface area contributed by atoms with E-state index in [4.69, 9.17) is 26.7 Å². The zero-order valence-corrected chi connectivity index (χ0v) is 12.3. The third-order valence-corrected chi connectivity index (χ3v) is 3.47. The topological polar surface area (TPSA) is 70.3 Å². The highest BCUT2D eigenvalue weighted by Gasteiger charge is 2.12. The first kappa shape index (κ1) is 14.4. The number of nitrogens with zero attached hydrogens (tertiary/aromatic N) is 1. The molecule has 0 aliphatic carbocycles. The third-order valence-electron chi connectivity index (χ3n) is 2.48. The van der Waals surface area contributed by atoms with Gasteiger partial charge in [0.05, 0.1) is 10.6 Å². The monoisotopic (exact) mass is 351 g/mol. The average Bonchev–Trinajstić information content (AvgIpc) is 2.41. The van der Waals surface area contributed by atoms with Crippen molar-refractivity contribution >= 4 is 33.5 Å². The zero-order valence-electron chi connectivity index (χ0n) is 9.93. The van der Waals surface area contributed by atoms with Gasteiger partial charge in [0, 0.05) is 4.47 Å². The van der Waals surface area contributed by atoms with E-state index >= 15 is 0 Å². The zero-order chi connectivity index (χ0) is 14.7. The lowest BCUT2D eigenvalue weighted by Crippen LogP contribution is -1.98. The molecule has 0 amide bonds. The maximum Gasteiger partial charge on any atom is 0.337 e. The lowest BCUT2D eigenvalue weighted by atomic mass is 10.2. The van der Waals surface area contributed by atoms with Gasteiger partial charge in [-0.25, -0.2) is 4.79 Å². The Morgan fingerprint density at radius 3 is 2.75 bits per heavy atom. The van der Waals surface area contributed by atoms with Crippen LogP contribution in [0.4, 0.5) is 0 Å². The molecule has 0 fully saturated rings. The molecule has 2 rings (SSSR count). The molecule has 6 heteroatoms. The Labute approximate surface area is 128 Å². The van der Waals surface area contributed by atoms with Crippen molar-refractivity contribution < 1.29 is 14.6 Å². The average molecular weight is 353 g/mol. The summed E-state index contributed by atoms with van der Waals surface area (Å²) in [4.78, 5) is 11.0. The third kappa shape index (κ3) is 2.93. The van der Waals surface area contributed by atoms with E-state index in [1.54, 1.807) is 18.2 Å². The second kappa shape index (κ2) is 5.95. The molecule has 0 radical (unpaired) electrons. The minimum atomic E-state index is -1.14. The van der Waals surface area contributed by atoms with Gasteiger partial charge in [0.25, 0.3) is 0 Å². The summed E-state index contributed by atoms with van der Waals surface area (Å²) in [6.45, 7) is 0. The van der Waals surface area contributed by atoms with Crippen molar-refractivity contribution in [1.82, 2.24) is 0 Å². The Bertz CT molecular complexity index is 725. The van der Waals surface area contributed by atoms with Crippen LogP contribution in [-0.2, 0) is 0 Å². The van der Waals surface area contributed by atoms with Gasteiger partial charge in [0.2, 0.25) is 0 Å². The van der Waals surface area contributed by atoms with Crippen molar-refractivity contribution in [3.63, 3.8) is 0 Å². The number of benzene rings is 2. The Kier molecular flexibility index (Phi) is 4.28. The summed E-state index contributed by atoms with van der Waals surface area (Å²) in [5.74, 6) is -0.517. The SMILES string of the molecule is N#Cc1c(Br)cccc1Oc1ccc(Cl)c(C(=O)O)c1. The molecule has 0 bridgehead atoms. The van der Waals surface area contributed by atoms with Crippen LogP contribution in [0, 0.1) is 11.3 Å². The number of rotatable bonds is 3. The van der Waals surface area contributed by atoms with E-state index in [1.165, 1.54) is 18.2 Å². The summed E-state index contributed by atoms with van der Waals surface area (Å²) in [5, 5.41) is 18.2. The molecule has 0 saturated carbocycles. The van der Waals surface area contributed by atoms with E-state index in [0.29, 0.717) is 21.5 Å². The summed E-state index contributed by atoms with van der Waals surface area (Å²) in [7, 11) is 0. The van der Waals surface area contributed by atoms with Gasteiger partial charge in [-0.2, -0.15) is 5.26 Å². The first-order chi connectivity index (χ1) is 9.52. The number of hydrogen-bond donors (Lipinski definition) is 1. The fourth-order valence-corrected chi connectivity index (χ4v) is 2.19. The Balaban J connectivity index is 2.41. The van der Waals surface area contributed by atoms with E-state index in [0.717, 1.165) is 0 Å². The molecule has 0 spiro atoms. The molecule has 0 atom stereocenters. The Morgan fingerprint density at radius 1 is 1.35 bits per heavy atom. The minimum Gasteiger partial charge on any atom is -0.478 e. The second-order valence-corrected chi connectivity index (χ2v) is 5.04. The molecule has 0 saturated heterocycles. The van der Waals surface area contributed by atoms with E-state index in [-0.39, 0.29) is 10.6 Å². The summed E-state index contributed by atoms with van der Waals surface area (Å²) in [5.41, 5.74) is 0.275. The van der Waals surface area contributed by atoms with Crippen LogP contribution < -0.4 is 4.74 Å². The maximum atomic E-state index is 11.0. The number of carbonyl (C=O) groups is 1. The predicted molar refractivity (Wildman–Crippen MR) is 77.3 cm³/mol. The molecule has 0 unspecified atom stereocenters. The van der Waals surface area contributed by atoms with Crippen molar-refractivity contribution in [3.8, 4) is 17.6 Å². The highest BCUT2D eigenvalue weighted by atomic mass is 79.9. The summed E-state index contributed by atoms with van der Waals surface area (Å²) >= 11 is 9.03. The molecule has 0 aliphatic rings. The van der Waals surface area contributed by atoms with Crippen LogP contribution >= 0.6 is 27.5 Å². The molecule has 0 aromatic heterocycles. The van der Waals surface area contributed by atoms with Crippen molar-refractivity contribution in [2.45, 2.75) is 0 Å². The van der Waals surface area contributed by atoms with Crippen molar-refractivity contribution in [2.24, 2.45) is 0 Å². The number of hydrogen-bond acceptors (Lipinski definition) is 3. The van der Waals surface area contributed by atoms with E-state index in [9.17, 15) is 4.79 Å². The van der Waals surface area contributed by atoms with Crippen LogP contribution in [0.15, 0.2) is 40.9 Å². The van der Waals surface area contributed by atoms with Gasteiger partial charge in [-0.15, -0.1) is 0 Å². The van der Waals surface area contributed by atoms with Crippen molar-refractivity contribution in [1.29, 1.82) is 5.26 Å². The molecule has 2 aromatic rings. The molecule has 0 aliphatic heterocycles. The number of aromatic carboxylic acids is 1. The molecule has 2 aromatic carbocycles. The summed E-state index contributed by atoms with van der Waals surface area (Å²) in [6, 6.07) is 11.4. The van der Waals surface area contributed by atoms with Gasteiger partial charge in [-0.3, -0.25) is 0 Å². The molecule has 0 heterocycles. The normalized spacial score (nSPS) is 9.85. The Morgan fingerprint density at radius 2 is 2.10 bits per heavy atom. The van der Waals surface area contributed by atoms with E-state index < -0.39 is 5.97 Å². The van der Waals surface area contributed by atoms with E-state index in [2.05, 4.69) is 15.9 Å².